The topological polar surface area (TPSA) is 66.7 Å². The van der Waals surface area contributed by atoms with Crippen LogP contribution in [0.25, 0.3) is 4.96 Å². The highest BCUT2D eigenvalue weighted by molar-refractivity contribution is 7.15. The Hall–Kier alpha value is -2.74. The van der Waals surface area contributed by atoms with Crippen molar-refractivity contribution in [2.75, 3.05) is 18.4 Å². The van der Waals surface area contributed by atoms with Gasteiger partial charge in [0.2, 0.25) is 5.91 Å². The number of carbonyl (C=O) groups excluding carboxylic acids is 2. The number of fused-ring (bicyclic) bond motifs is 1. The summed E-state index contributed by atoms with van der Waals surface area (Å²) < 4.78 is 15.1. The number of likely N-dealkylation sites (tertiary alicyclic amines) is 1. The highest BCUT2D eigenvalue weighted by Gasteiger charge is 2.26. The quantitative estimate of drug-likeness (QED) is 0.683. The summed E-state index contributed by atoms with van der Waals surface area (Å²) in [5.74, 6) is -0.156. The number of imidazole rings is 1. The van der Waals surface area contributed by atoms with Gasteiger partial charge in [0.05, 0.1) is 0 Å². The molecule has 1 aromatic carbocycles. The Labute approximate surface area is 172 Å². The SMILES string of the molecule is Cc1cc(F)ccc1NC(=O)CCC1CCCN(C(=O)c2cn3ccsc3n2)C1. The van der Waals surface area contributed by atoms with Gasteiger partial charge < -0.3 is 10.2 Å². The lowest BCUT2D eigenvalue weighted by molar-refractivity contribution is -0.116. The molecule has 1 atom stereocenters. The van der Waals surface area contributed by atoms with Crippen LogP contribution in [0.5, 0.6) is 0 Å². The van der Waals surface area contributed by atoms with Gasteiger partial charge in [0, 0.05) is 43.0 Å². The maximum atomic E-state index is 13.2. The molecule has 152 valence electrons. The number of nitrogens with zero attached hydrogens (tertiary/aromatic N) is 3. The average molecular weight is 415 g/mol. The first kappa shape index (κ1) is 19.6. The van der Waals surface area contributed by atoms with Crippen LogP contribution >= 0.6 is 11.3 Å². The minimum Gasteiger partial charge on any atom is -0.337 e. The van der Waals surface area contributed by atoms with Crippen molar-refractivity contribution in [3.63, 3.8) is 0 Å². The monoisotopic (exact) mass is 414 g/mol. The van der Waals surface area contributed by atoms with Crippen molar-refractivity contribution in [1.82, 2.24) is 14.3 Å². The fourth-order valence-corrected chi connectivity index (χ4v) is 4.49. The number of aromatic nitrogens is 2. The number of nitrogens with one attached hydrogen (secondary N) is 1. The number of piperidine rings is 1. The molecule has 1 fully saturated rings. The predicted molar refractivity (Wildman–Crippen MR) is 111 cm³/mol. The van der Waals surface area contributed by atoms with E-state index >= 15 is 0 Å². The van der Waals surface area contributed by atoms with Crippen LogP contribution in [0, 0.1) is 18.7 Å². The third-order valence-electron chi connectivity index (χ3n) is 5.36. The van der Waals surface area contributed by atoms with Crippen molar-refractivity contribution in [2.24, 2.45) is 5.92 Å². The number of aryl methyl sites for hydroxylation is 1. The first-order valence-corrected chi connectivity index (χ1v) is 10.6. The maximum absolute atomic E-state index is 13.2. The average Bonchev–Trinajstić information content (AvgIpc) is 3.30. The highest BCUT2D eigenvalue weighted by atomic mass is 32.1. The number of hydrogen-bond donors (Lipinski definition) is 1. The third-order valence-corrected chi connectivity index (χ3v) is 6.13. The molecule has 1 unspecified atom stereocenters. The summed E-state index contributed by atoms with van der Waals surface area (Å²) >= 11 is 1.50. The molecular weight excluding hydrogens is 391 g/mol. The van der Waals surface area contributed by atoms with E-state index in [4.69, 9.17) is 0 Å². The minimum absolute atomic E-state index is 0.0445. The van der Waals surface area contributed by atoms with E-state index in [2.05, 4.69) is 10.3 Å². The number of hydrogen-bond acceptors (Lipinski definition) is 4. The smallest absolute Gasteiger partial charge is 0.274 e. The van der Waals surface area contributed by atoms with Crippen LogP contribution < -0.4 is 5.32 Å². The number of thiazole rings is 1. The summed E-state index contributed by atoms with van der Waals surface area (Å²) in [5.41, 5.74) is 1.81. The predicted octanol–water partition coefficient (Wildman–Crippen LogP) is 4.11. The zero-order chi connectivity index (χ0) is 20.4. The number of amides is 2. The standard InChI is InChI=1S/C21H23FN4O2S/c1-14-11-16(22)5-6-17(14)23-19(27)7-4-15-3-2-8-25(12-15)20(28)18-13-26-9-10-29-21(26)24-18/h5-6,9-11,13,15H,2-4,7-8,12H2,1H3,(H,23,27). The molecule has 2 amide bonds. The lowest BCUT2D eigenvalue weighted by Crippen LogP contribution is -2.40. The van der Waals surface area contributed by atoms with Gasteiger partial charge in [0.25, 0.3) is 5.91 Å². The fraction of sp³-hybridized carbons (Fsp3) is 0.381. The van der Waals surface area contributed by atoms with E-state index in [0.717, 1.165) is 24.3 Å². The van der Waals surface area contributed by atoms with Crippen LogP contribution in [0.3, 0.4) is 0 Å². The number of carbonyl (C=O) groups is 2. The largest absolute Gasteiger partial charge is 0.337 e. The van der Waals surface area contributed by atoms with Gasteiger partial charge in [0.1, 0.15) is 11.5 Å². The zero-order valence-corrected chi connectivity index (χ0v) is 17.0. The summed E-state index contributed by atoms with van der Waals surface area (Å²) in [6.07, 6.45) is 6.70. The fourth-order valence-electron chi connectivity index (χ4n) is 3.79. The van der Waals surface area contributed by atoms with E-state index in [1.807, 2.05) is 20.9 Å². The molecule has 0 bridgehead atoms. The van der Waals surface area contributed by atoms with Gasteiger partial charge >= 0.3 is 0 Å². The molecule has 4 rings (SSSR count). The normalized spacial score (nSPS) is 16.9. The molecule has 29 heavy (non-hydrogen) atoms. The van der Waals surface area contributed by atoms with Gasteiger partial charge in [-0.05, 0) is 55.9 Å². The van der Waals surface area contributed by atoms with Crippen LogP contribution in [0.4, 0.5) is 10.1 Å². The number of halogens is 1. The summed E-state index contributed by atoms with van der Waals surface area (Å²) in [6, 6.07) is 4.33. The molecular formula is C21H23FN4O2S. The molecule has 8 heteroatoms. The molecule has 1 aliphatic rings. The van der Waals surface area contributed by atoms with E-state index in [9.17, 15) is 14.0 Å². The van der Waals surface area contributed by atoms with Crippen molar-refractivity contribution in [3.05, 3.63) is 53.0 Å². The maximum Gasteiger partial charge on any atom is 0.274 e. The van der Waals surface area contributed by atoms with Crippen LogP contribution in [0.2, 0.25) is 0 Å². The van der Waals surface area contributed by atoms with Gasteiger partial charge in [-0.25, -0.2) is 9.37 Å². The Kier molecular flexibility index (Phi) is 5.62. The summed E-state index contributed by atoms with van der Waals surface area (Å²) in [6.45, 7) is 3.14. The van der Waals surface area contributed by atoms with E-state index < -0.39 is 0 Å². The molecule has 1 aliphatic heterocycles. The molecule has 0 saturated carbocycles. The molecule has 0 spiro atoms. The summed E-state index contributed by atoms with van der Waals surface area (Å²) in [4.78, 5) is 32.2. The molecule has 2 aromatic heterocycles. The van der Waals surface area contributed by atoms with Gasteiger partial charge in [-0.3, -0.25) is 14.0 Å². The van der Waals surface area contributed by atoms with Crippen LogP contribution in [-0.4, -0.2) is 39.2 Å². The van der Waals surface area contributed by atoms with Gasteiger partial charge in [-0.15, -0.1) is 11.3 Å². The van der Waals surface area contributed by atoms with Crippen molar-refractivity contribution in [2.45, 2.75) is 32.6 Å². The van der Waals surface area contributed by atoms with Crippen LogP contribution in [0.15, 0.2) is 36.0 Å². The van der Waals surface area contributed by atoms with Crippen LogP contribution in [-0.2, 0) is 4.79 Å². The molecule has 0 radical (unpaired) electrons. The third kappa shape index (κ3) is 4.48. The molecule has 6 nitrogen and oxygen atoms in total. The summed E-state index contributed by atoms with van der Waals surface area (Å²) in [7, 11) is 0. The van der Waals surface area contributed by atoms with Crippen molar-refractivity contribution >= 4 is 33.8 Å². The van der Waals surface area contributed by atoms with Gasteiger partial charge in [-0.2, -0.15) is 0 Å². The van der Waals surface area contributed by atoms with Crippen molar-refractivity contribution in [3.8, 4) is 0 Å². The zero-order valence-electron chi connectivity index (χ0n) is 16.2. The Morgan fingerprint density at radius 1 is 1.38 bits per heavy atom. The van der Waals surface area contributed by atoms with Gasteiger partial charge in [-0.1, -0.05) is 0 Å². The Morgan fingerprint density at radius 3 is 3.03 bits per heavy atom. The van der Waals surface area contributed by atoms with Crippen LogP contribution in [0.1, 0.15) is 41.7 Å². The lowest BCUT2D eigenvalue weighted by atomic mass is 9.93. The van der Waals surface area contributed by atoms with Gasteiger partial charge in [0.15, 0.2) is 4.96 Å². The minimum atomic E-state index is -0.315. The Bertz CT molecular complexity index is 1020. The van der Waals surface area contributed by atoms with E-state index in [1.54, 1.807) is 19.2 Å². The number of benzene rings is 1. The van der Waals surface area contributed by atoms with E-state index in [-0.39, 0.29) is 23.5 Å². The molecule has 1 saturated heterocycles. The second-order valence-electron chi connectivity index (χ2n) is 7.52. The summed E-state index contributed by atoms with van der Waals surface area (Å²) in [5, 5.41) is 4.79. The van der Waals surface area contributed by atoms with E-state index in [1.165, 1.54) is 23.5 Å². The molecule has 3 heterocycles. The first-order valence-electron chi connectivity index (χ1n) is 9.77. The Balaban J connectivity index is 1.30. The highest BCUT2D eigenvalue weighted by Crippen LogP contribution is 2.24. The second kappa shape index (κ2) is 8.32. The lowest BCUT2D eigenvalue weighted by Gasteiger charge is -2.32. The van der Waals surface area contributed by atoms with Crippen molar-refractivity contribution in [1.29, 1.82) is 0 Å². The first-order chi connectivity index (χ1) is 14.0. The van der Waals surface area contributed by atoms with E-state index in [0.29, 0.717) is 36.3 Å². The Morgan fingerprint density at radius 2 is 2.24 bits per heavy atom. The molecule has 1 N–H and O–H groups in total. The van der Waals surface area contributed by atoms with Crippen molar-refractivity contribution < 1.29 is 14.0 Å². The molecule has 3 aromatic rings. The number of anilines is 1. The number of rotatable bonds is 5. The molecule has 0 aliphatic carbocycles. The second-order valence-corrected chi connectivity index (χ2v) is 8.40.